The first-order chi connectivity index (χ1) is 9.09. The molecule has 0 aliphatic rings. The number of aromatic hydroxyl groups is 1. The minimum Gasteiger partial charge on any atom is -0.506 e. The van der Waals surface area contributed by atoms with Crippen LogP contribution in [0.15, 0.2) is 30.5 Å². The maximum Gasteiger partial charge on any atom is 0.321 e. The number of pyridine rings is 1. The number of carboxylic acid groups (broad SMARTS) is 1. The Morgan fingerprint density at radius 2 is 2.21 bits per heavy atom. The van der Waals surface area contributed by atoms with Gasteiger partial charge in [-0.3, -0.25) is 9.78 Å². The summed E-state index contributed by atoms with van der Waals surface area (Å²) in [4.78, 5) is 14.8. The normalized spacial score (nSPS) is 12.5. The number of hydrogen-bond acceptors (Lipinski definition) is 5. The van der Waals surface area contributed by atoms with Crippen molar-refractivity contribution in [1.82, 2.24) is 4.98 Å². The molecule has 0 aliphatic carbocycles. The van der Waals surface area contributed by atoms with Gasteiger partial charge in [0.05, 0.1) is 0 Å². The van der Waals surface area contributed by atoms with E-state index in [1.54, 1.807) is 18.3 Å². The number of carbonyl (C=O) groups is 1. The third kappa shape index (κ3) is 3.15. The van der Waals surface area contributed by atoms with Gasteiger partial charge in [-0.15, -0.1) is 0 Å². The SMILES string of the molecule is N[C@H](CSCc1ccc(O)c2ncccc12)C(=O)O. The quantitative estimate of drug-likeness (QED) is 0.768. The first-order valence-electron chi connectivity index (χ1n) is 5.71. The van der Waals surface area contributed by atoms with Crippen LogP contribution in [0.2, 0.25) is 0 Å². The average molecular weight is 278 g/mol. The molecule has 1 heterocycles. The van der Waals surface area contributed by atoms with Gasteiger partial charge in [0.25, 0.3) is 0 Å². The minimum atomic E-state index is -0.996. The van der Waals surface area contributed by atoms with Crippen LogP contribution in [-0.4, -0.2) is 33.0 Å². The lowest BCUT2D eigenvalue weighted by Gasteiger charge is -2.09. The van der Waals surface area contributed by atoms with E-state index < -0.39 is 12.0 Å². The topological polar surface area (TPSA) is 96.4 Å². The minimum absolute atomic E-state index is 0.145. The monoisotopic (exact) mass is 278 g/mol. The van der Waals surface area contributed by atoms with Crippen molar-refractivity contribution in [2.24, 2.45) is 5.73 Å². The predicted octanol–water partition coefficient (Wildman–Crippen LogP) is 1.59. The fourth-order valence-corrected chi connectivity index (χ4v) is 2.70. The van der Waals surface area contributed by atoms with Crippen molar-refractivity contribution in [2.75, 3.05) is 5.75 Å². The number of thioether (sulfide) groups is 1. The summed E-state index contributed by atoms with van der Waals surface area (Å²) in [7, 11) is 0. The van der Waals surface area contributed by atoms with Crippen molar-refractivity contribution in [3.63, 3.8) is 0 Å². The summed E-state index contributed by atoms with van der Waals surface area (Å²) >= 11 is 1.45. The van der Waals surface area contributed by atoms with Crippen LogP contribution < -0.4 is 5.73 Å². The Kier molecular flexibility index (Phi) is 4.24. The first-order valence-corrected chi connectivity index (χ1v) is 6.87. The zero-order chi connectivity index (χ0) is 13.8. The summed E-state index contributed by atoms with van der Waals surface area (Å²) in [6.45, 7) is 0. The Labute approximate surface area is 114 Å². The van der Waals surface area contributed by atoms with Crippen molar-refractivity contribution in [2.45, 2.75) is 11.8 Å². The second-order valence-corrected chi connectivity index (χ2v) is 5.13. The molecule has 6 heteroatoms. The molecule has 0 saturated heterocycles. The van der Waals surface area contributed by atoms with E-state index in [-0.39, 0.29) is 5.75 Å². The van der Waals surface area contributed by atoms with E-state index in [0.29, 0.717) is 17.0 Å². The molecule has 0 bridgehead atoms. The molecule has 0 unspecified atom stereocenters. The smallest absolute Gasteiger partial charge is 0.321 e. The van der Waals surface area contributed by atoms with Crippen LogP contribution in [0.5, 0.6) is 5.75 Å². The molecule has 2 rings (SSSR count). The van der Waals surface area contributed by atoms with Crippen LogP contribution in [0.1, 0.15) is 5.56 Å². The molecule has 1 aromatic carbocycles. The van der Waals surface area contributed by atoms with Crippen molar-refractivity contribution in [3.8, 4) is 5.75 Å². The molecule has 0 fully saturated rings. The second-order valence-electron chi connectivity index (χ2n) is 4.10. The van der Waals surface area contributed by atoms with Gasteiger partial charge < -0.3 is 15.9 Å². The van der Waals surface area contributed by atoms with Crippen LogP contribution in [0.4, 0.5) is 0 Å². The average Bonchev–Trinajstić information content (AvgIpc) is 2.41. The Morgan fingerprint density at radius 1 is 1.42 bits per heavy atom. The third-order valence-electron chi connectivity index (χ3n) is 2.71. The Hall–Kier alpha value is -1.79. The molecule has 2 aromatic rings. The molecule has 5 nitrogen and oxygen atoms in total. The van der Waals surface area contributed by atoms with Crippen molar-refractivity contribution < 1.29 is 15.0 Å². The van der Waals surface area contributed by atoms with E-state index in [4.69, 9.17) is 10.8 Å². The van der Waals surface area contributed by atoms with Crippen LogP contribution in [-0.2, 0) is 10.5 Å². The Morgan fingerprint density at radius 3 is 2.95 bits per heavy atom. The zero-order valence-electron chi connectivity index (χ0n) is 10.1. The number of carboxylic acids is 1. The largest absolute Gasteiger partial charge is 0.506 e. The molecular weight excluding hydrogens is 264 g/mol. The number of hydrogen-bond donors (Lipinski definition) is 3. The number of aliphatic carboxylic acids is 1. The molecule has 100 valence electrons. The second kappa shape index (κ2) is 5.90. The van der Waals surface area contributed by atoms with Crippen molar-refractivity contribution in [1.29, 1.82) is 0 Å². The number of rotatable bonds is 5. The number of aromatic nitrogens is 1. The lowest BCUT2D eigenvalue weighted by Crippen LogP contribution is -2.32. The van der Waals surface area contributed by atoms with Gasteiger partial charge in [0, 0.05) is 23.1 Å². The van der Waals surface area contributed by atoms with Gasteiger partial charge in [0.2, 0.25) is 0 Å². The molecule has 0 amide bonds. The van der Waals surface area contributed by atoms with Crippen LogP contribution in [0.25, 0.3) is 10.9 Å². The third-order valence-corrected chi connectivity index (χ3v) is 3.82. The van der Waals surface area contributed by atoms with Gasteiger partial charge in [-0.1, -0.05) is 12.1 Å². The molecule has 19 heavy (non-hydrogen) atoms. The molecule has 1 atom stereocenters. The molecular formula is C13H14N2O3S. The van der Waals surface area contributed by atoms with Gasteiger partial charge in [-0.25, -0.2) is 0 Å². The Bertz CT molecular complexity index is 603. The van der Waals surface area contributed by atoms with Gasteiger partial charge in [-0.05, 0) is 17.7 Å². The predicted molar refractivity (Wildman–Crippen MR) is 75.2 cm³/mol. The fourth-order valence-electron chi connectivity index (χ4n) is 1.71. The summed E-state index contributed by atoms with van der Waals surface area (Å²) in [5, 5.41) is 19.3. The van der Waals surface area contributed by atoms with E-state index >= 15 is 0 Å². The standard InChI is InChI=1S/C13H14N2O3S/c14-10(13(17)18)7-19-6-8-3-4-11(16)12-9(8)2-1-5-15-12/h1-5,10,16H,6-7,14H2,(H,17,18)/t10-/m1/s1. The van der Waals surface area contributed by atoms with Crippen molar-refractivity contribution >= 4 is 28.6 Å². The lowest BCUT2D eigenvalue weighted by atomic mass is 10.1. The van der Waals surface area contributed by atoms with Crippen LogP contribution >= 0.6 is 11.8 Å². The number of nitrogens with two attached hydrogens (primary N) is 1. The van der Waals surface area contributed by atoms with E-state index in [1.807, 2.05) is 12.1 Å². The highest BCUT2D eigenvalue weighted by Gasteiger charge is 2.12. The van der Waals surface area contributed by atoms with Crippen molar-refractivity contribution in [3.05, 3.63) is 36.0 Å². The highest BCUT2D eigenvalue weighted by atomic mass is 32.2. The molecule has 0 saturated carbocycles. The summed E-state index contributed by atoms with van der Waals surface area (Å²) in [5.41, 5.74) is 7.01. The van der Waals surface area contributed by atoms with E-state index in [9.17, 15) is 9.90 Å². The van der Waals surface area contributed by atoms with Gasteiger partial charge >= 0.3 is 5.97 Å². The first kappa shape index (κ1) is 13.6. The summed E-state index contributed by atoms with van der Waals surface area (Å²) in [6.07, 6.45) is 1.62. The van der Waals surface area contributed by atoms with Gasteiger partial charge in [0.1, 0.15) is 17.3 Å². The number of phenols is 1. The highest BCUT2D eigenvalue weighted by molar-refractivity contribution is 7.98. The van der Waals surface area contributed by atoms with Crippen LogP contribution in [0.3, 0.4) is 0 Å². The number of nitrogens with zero attached hydrogens (tertiary/aromatic N) is 1. The lowest BCUT2D eigenvalue weighted by molar-refractivity contribution is -0.137. The maximum atomic E-state index is 10.6. The molecule has 0 radical (unpaired) electrons. The van der Waals surface area contributed by atoms with E-state index in [1.165, 1.54) is 11.8 Å². The summed E-state index contributed by atoms with van der Waals surface area (Å²) in [6, 6.07) is 6.25. The molecule has 1 aromatic heterocycles. The molecule has 0 spiro atoms. The number of benzene rings is 1. The highest BCUT2D eigenvalue weighted by Crippen LogP contribution is 2.27. The fraction of sp³-hybridized carbons (Fsp3) is 0.231. The van der Waals surface area contributed by atoms with Gasteiger partial charge in [0.15, 0.2) is 0 Å². The molecule has 0 aliphatic heterocycles. The zero-order valence-corrected chi connectivity index (χ0v) is 10.9. The number of phenolic OH excluding ortho intramolecular Hbond substituents is 1. The Balaban J connectivity index is 2.13. The van der Waals surface area contributed by atoms with Gasteiger partial charge in [-0.2, -0.15) is 11.8 Å². The molecule has 4 N–H and O–H groups in total. The van der Waals surface area contributed by atoms with Crippen LogP contribution in [0, 0.1) is 0 Å². The van der Waals surface area contributed by atoms with E-state index in [2.05, 4.69) is 4.98 Å². The van der Waals surface area contributed by atoms with E-state index in [0.717, 1.165) is 10.9 Å². The summed E-state index contributed by atoms with van der Waals surface area (Å²) < 4.78 is 0. The number of fused-ring (bicyclic) bond motifs is 1. The maximum absolute atomic E-state index is 10.6. The summed E-state index contributed by atoms with van der Waals surface area (Å²) in [5.74, 6) is 0.123.